The molecule has 0 aromatic rings. The third kappa shape index (κ3) is 1.74. The van der Waals surface area contributed by atoms with Crippen LogP contribution >= 0.6 is 8.58 Å². The van der Waals surface area contributed by atoms with Gasteiger partial charge in [-0.1, -0.05) is 0 Å². The van der Waals surface area contributed by atoms with Crippen molar-refractivity contribution in [3.8, 4) is 0 Å². The molecular formula is C8H15O2P. The Morgan fingerprint density at radius 3 is 2.27 bits per heavy atom. The van der Waals surface area contributed by atoms with Gasteiger partial charge in [-0.2, -0.15) is 0 Å². The van der Waals surface area contributed by atoms with Gasteiger partial charge in [0.1, 0.15) is 0 Å². The molecule has 2 saturated heterocycles. The van der Waals surface area contributed by atoms with Gasteiger partial charge in [0.15, 0.2) is 5.79 Å². The molecule has 0 amide bonds. The Morgan fingerprint density at radius 1 is 1.00 bits per heavy atom. The van der Waals surface area contributed by atoms with E-state index in [0.29, 0.717) is 0 Å². The molecule has 3 heteroatoms. The molecule has 0 aliphatic carbocycles. The first-order valence-electron chi connectivity index (χ1n) is 4.40. The summed E-state index contributed by atoms with van der Waals surface area (Å²) in [6.07, 6.45) is 5.95. The molecule has 2 aliphatic heterocycles. The van der Waals surface area contributed by atoms with Crippen molar-refractivity contribution in [2.45, 2.75) is 25.0 Å². The molecule has 2 heterocycles. The van der Waals surface area contributed by atoms with E-state index in [1.807, 2.05) is 0 Å². The quantitative estimate of drug-likeness (QED) is 0.519. The number of rotatable bonds is 0. The van der Waals surface area contributed by atoms with E-state index in [2.05, 4.69) is 0 Å². The number of hydrogen-bond acceptors (Lipinski definition) is 2. The molecule has 2 rings (SSSR count). The first kappa shape index (κ1) is 7.97. The molecule has 0 atom stereocenters. The Balaban J connectivity index is 1.94. The summed E-state index contributed by atoms with van der Waals surface area (Å²) < 4.78 is 11.4. The zero-order valence-corrected chi connectivity index (χ0v) is 7.77. The van der Waals surface area contributed by atoms with Crippen molar-refractivity contribution >= 4 is 8.58 Å². The van der Waals surface area contributed by atoms with Crippen LogP contribution in [-0.2, 0) is 9.47 Å². The lowest BCUT2D eigenvalue weighted by Gasteiger charge is -2.39. The van der Waals surface area contributed by atoms with E-state index in [0.717, 1.165) is 41.1 Å². The normalized spacial score (nSPS) is 30.5. The Morgan fingerprint density at radius 2 is 1.64 bits per heavy atom. The van der Waals surface area contributed by atoms with Crippen LogP contribution in [0.2, 0.25) is 0 Å². The molecule has 0 saturated carbocycles. The minimum Gasteiger partial charge on any atom is -0.350 e. The first-order chi connectivity index (χ1) is 5.41. The van der Waals surface area contributed by atoms with Crippen LogP contribution in [0.5, 0.6) is 0 Å². The minimum absolute atomic E-state index is 0.135. The summed E-state index contributed by atoms with van der Waals surface area (Å²) in [6.45, 7) is 1.81. The van der Waals surface area contributed by atoms with E-state index in [-0.39, 0.29) is 5.79 Å². The topological polar surface area (TPSA) is 18.5 Å². The van der Waals surface area contributed by atoms with Gasteiger partial charge in [-0.15, -0.1) is 8.58 Å². The molecule has 0 radical (unpaired) electrons. The molecule has 0 unspecified atom stereocenters. The third-order valence-electron chi connectivity index (χ3n) is 2.38. The maximum atomic E-state index is 5.69. The lowest BCUT2D eigenvalue weighted by molar-refractivity contribution is -0.269. The first-order valence-corrected chi connectivity index (χ1v) is 5.81. The lowest BCUT2D eigenvalue weighted by atomic mass is 10.1. The molecule has 0 bridgehead atoms. The Kier molecular flexibility index (Phi) is 2.45. The van der Waals surface area contributed by atoms with Gasteiger partial charge in [-0.05, 0) is 18.7 Å². The molecule has 2 fully saturated rings. The van der Waals surface area contributed by atoms with Crippen molar-refractivity contribution in [3.63, 3.8) is 0 Å². The van der Waals surface area contributed by atoms with Gasteiger partial charge in [0.05, 0.1) is 13.2 Å². The molecule has 0 aromatic carbocycles. The monoisotopic (exact) mass is 174 g/mol. The van der Waals surface area contributed by atoms with E-state index in [4.69, 9.17) is 9.47 Å². The van der Waals surface area contributed by atoms with Crippen molar-refractivity contribution in [3.05, 3.63) is 0 Å². The Bertz CT molecular complexity index is 107. The average molecular weight is 174 g/mol. The summed E-state index contributed by atoms with van der Waals surface area (Å²) in [5.41, 5.74) is 0. The maximum Gasteiger partial charge on any atom is 0.168 e. The van der Waals surface area contributed by atoms with E-state index >= 15 is 0 Å². The van der Waals surface area contributed by atoms with E-state index in [1.54, 1.807) is 0 Å². The standard InChI is InChI=1S/C8H15O2P/c1-4-9-8(10-5-1)2-6-11-7-3-8/h11H,1-7H2. The second-order valence-corrected chi connectivity index (χ2v) is 4.71. The highest BCUT2D eigenvalue weighted by Gasteiger charge is 2.35. The van der Waals surface area contributed by atoms with Crippen LogP contribution in [0.4, 0.5) is 0 Å². The molecule has 2 nitrogen and oxygen atoms in total. The second-order valence-electron chi connectivity index (χ2n) is 3.21. The highest BCUT2D eigenvalue weighted by atomic mass is 31.1. The lowest BCUT2D eigenvalue weighted by Crippen LogP contribution is -2.43. The minimum atomic E-state index is -0.135. The summed E-state index contributed by atoms with van der Waals surface area (Å²) in [6, 6.07) is 0. The summed E-state index contributed by atoms with van der Waals surface area (Å²) in [5.74, 6) is -0.135. The highest BCUT2D eigenvalue weighted by Crippen LogP contribution is 2.36. The van der Waals surface area contributed by atoms with Gasteiger partial charge in [0.25, 0.3) is 0 Å². The van der Waals surface area contributed by atoms with E-state index < -0.39 is 0 Å². The van der Waals surface area contributed by atoms with Crippen molar-refractivity contribution in [1.82, 2.24) is 0 Å². The van der Waals surface area contributed by atoms with Crippen LogP contribution in [0, 0.1) is 0 Å². The van der Waals surface area contributed by atoms with Crippen molar-refractivity contribution in [1.29, 1.82) is 0 Å². The smallest absolute Gasteiger partial charge is 0.168 e. The fourth-order valence-corrected chi connectivity index (χ4v) is 3.08. The van der Waals surface area contributed by atoms with Gasteiger partial charge in [-0.3, -0.25) is 0 Å². The summed E-state index contributed by atoms with van der Waals surface area (Å²) in [4.78, 5) is 0. The molecule has 0 N–H and O–H groups in total. The van der Waals surface area contributed by atoms with Crippen molar-refractivity contribution < 1.29 is 9.47 Å². The third-order valence-corrected chi connectivity index (χ3v) is 3.59. The van der Waals surface area contributed by atoms with Gasteiger partial charge in [0, 0.05) is 12.8 Å². The van der Waals surface area contributed by atoms with Gasteiger partial charge < -0.3 is 9.47 Å². The van der Waals surface area contributed by atoms with Crippen LogP contribution in [0.3, 0.4) is 0 Å². The van der Waals surface area contributed by atoms with Gasteiger partial charge in [-0.25, -0.2) is 0 Å². The van der Waals surface area contributed by atoms with E-state index in [1.165, 1.54) is 12.3 Å². The molecule has 64 valence electrons. The fraction of sp³-hybridized carbons (Fsp3) is 1.00. The van der Waals surface area contributed by atoms with Gasteiger partial charge in [0.2, 0.25) is 0 Å². The molecule has 0 aromatic heterocycles. The molecular weight excluding hydrogens is 159 g/mol. The zero-order chi connectivity index (χ0) is 7.57. The van der Waals surface area contributed by atoms with Crippen molar-refractivity contribution in [2.24, 2.45) is 0 Å². The van der Waals surface area contributed by atoms with E-state index in [9.17, 15) is 0 Å². The Labute approximate surface area is 69.4 Å². The summed E-state index contributed by atoms with van der Waals surface area (Å²) >= 11 is 0. The summed E-state index contributed by atoms with van der Waals surface area (Å²) in [5, 5.41) is 0. The SMILES string of the molecule is C1COC2(CCPCC2)OC1. The average Bonchev–Trinajstić information content (AvgIpc) is 2.07. The van der Waals surface area contributed by atoms with Gasteiger partial charge >= 0.3 is 0 Å². The predicted molar refractivity (Wildman–Crippen MR) is 46.5 cm³/mol. The molecule has 2 aliphatic rings. The number of hydrogen-bond donors (Lipinski definition) is 0. The maximum absolute atomic E-state index is 5.69. The van der Waals surface area contributed by atoms with Crippen LogP contribution in [0.25, 0.3) is 0 Å². The number of ether oxygens (including phenoxy) is 2. The highest BCUT2D eigenvalue weighted by molar-refractivity contribution is 7.38. The Hall–Kier alpha value is 0.350. The summed E-state index contributed by atoms with van der Waals surface area (Å²) in [7, 11) is 1.14. The molecule has 1 spiro atoms. The van der Waals surface area contributed by atoms with Crippen LogP contribution in [0.1, 0.15) is 19.3 Å². The van der Waals surface area contributed by atoms with Crippen molar-refractivity contribution in [2.75, 3.05) is 25.5 Å². The fourth-order valence-electron chi connectivity index (χ4n) is 1.71. The van der Waals surface area contributed by atoms with Crippen LogP contribution in [0.15, 0.2) is 0 Å². The second kappa shape index (κ2) is 3.38. The zero-order valence-electron chi connectivity index (χ0n) is 6.77. The largest absolute Gasteiger partial charge is 0.350 e. The predicted octanol–water partition coefficient (Wildman–Crippen LogP) is 1.59. The molecule has 11 heavy (non-hydrogen) atoms. The van der Waals surface area contributed by atoms with Crippen LogP contribution in [-0.4, -0.2) is 31.3 Å². The van der Waals surface area contributed by atoms with Crippen LogP contribution < -0.4 is 0 Å².